The molecule has 0 aliphatic heterocycles. The van der Waals surface area contributed by atoms with E-state index < -0.39 is 18.8 Å². The first-order chi connectivity index (χ1) is 8.30. The number of nitrogens with one attached hydrogen (secondary N) is 1. The van der Waals surface area contributed by atoms with Crippen molar-refractivity contribution >= 4 is 0 Å². The minimum Gasteiger partial charge on any atom is -0.382 e. The summed E-state index contributed by atoms with van der Waals surface area (Å²) in [4.78, 5) is 0. The Bertz CT molecular complexity index is 392. The lowest BCUT2D eigenvalue weighted by atomic mass is 10.1. The molecule has 0 saturated carbocycles. The maximum atomic E-state index is 12.8. The molecule has 0 aliphatic rings. The molecule has 0 saturated heterocycles. The highest BCUT2D eigenvalue weighted by molar-refractivity contribution is 5.26. The van der Waals surface area contributed by atoms with E-state index in [0.29, 0.717) is 13.0 Å². The van der Waals surface area contributed by atoms with E-state index in [9.17, 15) is 17.6 Å². The largest absolute Gasteiger partial charge is 0.415 e. The van der Waals surface area contributed by atoms with E-state index in [-0.39, 0.29) is 5.82 Å². The van der Waals surface area contributed by atoms with E-state index in [1.807, 2.05) is 0 Å². The minimum atomic E-state index is -4.60. The Morgan fingerprint density at radius 2 is 2.00 bits per heavy atom. The number of hydrogen-bond donors (Lipinski definition) is 2. The van der Waals surface area contributed by atoms with Crippen molar-refractivity contribution in [3.63, 3.8) is 0 Å². The summed E-state index contributed by atoms with van der Waals surface area (Å²) in [7, 11) is 0. The molecule has 0 bridgehead atoms. The molecule has 1 unspecified atom stereocenters. The number of aliphatic hydroxyl groups excluding tert-OH is 1. The van der Waals surface area contributed by atoms with Crippen molar-refractivity contribution < 1.29 is 22.7 Å². The van der Waals surface area contributed by atoms with Crippen LogP contribution in [0.2, 0.25) is 0 Å². The van der Waals surface area contributed by atoms with E-state index in [4.69, 9.17) is 5.11 Å². The van der Waals surface area contributed by atoms with Crippen molar-refractivity contribution in [2.45, 2.75) is 25.6 Å². The first-order valence-corrected chi connectivity index (χ1v) is 5.51. The number of halogens is 4. The molecule has 0 radical (unpaired) electrons. The predicted octanol–water partition coefficient (Wildman–Crippen LogP) is 2.19. The van der Waals surface area contributed by atoms with Crippen molar-refractivity contribution in [2.75, 3.05) is 13.1 Å². The van der Waals surface area contributed by atoms with Gasteiger partial charge in [0.1, 0.15) is 5.82 Å². The van der Waals surface area contributed by atoms with Crippen LogP contribution in [-0.2, 0) is 6.42 Å². The van der Waals surface area contributed by atoms with Crippen molar-refractivity contribution in [2.24, 2.45) is 0 Å². The zero-order valence-electron chi connectivity index (χ0n) is 9.89. The van der Waals surface area contributed by atoms with Gasteiger partial charge < -0.3 is 10.4 Å². The zero-order chi connectivity index (χ0) is 13.8. The Kier molecular flexibility index (Phi) is 5.10. The molecule has 1 aromatic carbocycles. The second-order valence-electron chi connectivity index (χ2n) is 4.08. The number of aliphatic hydroxyl groups is 1. The third kappa shape index (κ3) is 4.62. The second kappa shape index (κ2) is 6.15. The Morgan fingerprint density at radius 1 is 1.33 bits per heavy atom. The quantitative estimate of drug-likeness (QED) is 0.632. The summed E-state index contributed by atoms with van der Waals surface area (Å²) in [5, 5.41) is 11.3. The van der Waals surface area contributed by atoms with Gasteiger partial charge >= 0.3 is 6.18 Å². The van der Waals surface area contributed by atoms with E-state index in [2.05, 4.69) is 5.32 Å². The van der Waals surface area contributed by atoms with Crippen molar-refractivity contribution in [3.8, 4) is 0 Å². The summed E-state index contributed by atoms with van der Waals surface area (Å²) in [6.07, 6.45) is -6.47. The lowest BCUT2D eigenvalue weighted by molar-refractivity contribution is -0.201. The third-order valence-corrected chi connectivity index (χ3v) is 2.59. The number of hydrogen-bond acceptors (Lipinski definition) is 2. The average molecular weight is 265 g/mol. The molecule has 0 spiro atoms. The average Bonchev–Trinajstić information content (AvgIpc) is 2.25. The molecule has 0 aliphatic carbocycles. The van der Waals surface area contributed by atoms with Crippen LogP contribution in [0.3, 0.4) is 0 Å². The van der Waals surface area contributed by atoms with E-state index in [1.165, 1.54) is 12.1 Å². The van der Waals surface area contributed by atoms with Gasteiger partial charge in [0.15, 0.2) is 6.10 Å². The molecule has 0 amide bonds. The van der Waals surface area contributed by atoms with E-state index in [1.54, 1.807) is 13.0 Å². The van der Waals surface area contributed by atoms with Crippen LogP contribution in [0.15, 0.2) is 18.2 Å². The van der Waals surface area contributed by atoms with Crippen LogP contribution in [-0.4, -0.2) is 30.5 Å². The highest BCUT2D eigenvalue weighted by Crippen LogP contribution is 2.19. The van der Waals surface area contributed by atoms with Crippen LogP contribution in [0.1, 0.15) is 11.1 Å². The van der Waals surface area contributed by atoms with Crippen LogP contribution in [0.5, 0.6) is 0 Å². The van der Waals surface area contributed by atoms with Gasteiger partial charge in [0.2, 0.25) is 0 Å². The Balaban J connectivity index is 2.34. The first-order valence-electron chi connectivity index (χ1n) is 5.51. The summed E-state index contributed by atoms with van der Waals surface area (Å²) in [5.41, 5.74) is 1.62. The SMILES string of the molecule is Cc1cc(F)ccc1CCNCC(O)C(F)(F)F. The predicted molar refractivity (Wildman–Crippen MR) is 59.8 cm³/mol. The highest BCUT2D eigenvalue weighted by atomic mass is 19.4. The van der Waals surface area contributed by atoms with Gasteiger partial charge in [0, 0.05) is 6.54 Å². The molecule has 0 aromatic heterocycles. The van der Waals surface area contributed by atoms with Crippen molar-refractivity contribution in [1.29, 1.82) is 0 Å². The van der Waals surface area contributed by atoms with Gasteiger partial charge in [-0.2, -0.15) is 13.2 Å². The summed E-state index contributed by atoms with van der Waals surface area (Å²) in [5.74, 6) is -0.336. The normalized spacial score (nSPS) is 13.7. The van der Waals surface area contributed by atoms with Gasteiger partial charge in [-0.25, -0.2) is 4.39 Å². The Labute approximate surface area is 103 Å². The van der Waals surface area contributed by atoms with Gasteiger partial charge in [0.25, 0.3) is 0 Å². The molecular formula is C12H15F4NO. The van der Waals surface area contributed by atoms with Crippen LogP contribution >= 0.6 is 0 Å². The van der Waals surface area contributed by atoms with Gasteiger partial charge in [-0.1, -0.05) is 6.07 Å². The molecule has 2 nitrogen and oxygen atoms in total. The maximum absolute atomic E-state index is 12.8. The fraction of sp³-hybridized carbons (Fsp3) is 0.500. The molecule has 18 heavy (non-hydrogen) atoms. The Hall–Kier alpha value is -1.14. The van der Waals surface area contributed by atoms with Gasteiger partial charge in [-0.05, 0) is 43.1 Å². The van der Waals surface area contributed by atoms with Crippen LogP contribution < -0.4 is 5.32 Å². The topological polar surface area (TPSA) is 32.3 Å². The molecule has 1 atom stereocenters. The van der Waals surface area contributed by atoms with Gasteiger partial charge in [-0.3, -0.25) is 0 Å². The standard InChI is InChI=1S/C12H15F4NO/c1-8-6-10(13)3-2-9(8)4-5-17-7-11(18)12(14,15)16/h2-3,6,11,17-18H,4-5,7H2,1H3. The maximum Gasteiger partial charge on any atom is 0.415 e. The lowest BCUT2D eigenvalue weighted by Gasteiger charge is -2.15. The van der Waals surface area contributed by atoms with Crippen LogP contribution in [0, 0.1) is 12.7 Å². The smallest absolute Gasteiger partial charge is 0.382 e. The summed E-state index contributed by atoms with van der Waals surface area (Å²) < 4.78 is 48.7. The number of alkyl halides is 3. The molecular weight excluding hydrogens is 250 g/mol. The summed E-state index contributed by atoms with van der Waals surface area (Å²) in [6.45, 7) is 1.49. The summed E-state index contributed by atoms with van der Waals surface area (Å²) in [6, 6.07) is 4.29. The van der Waals surface area contributed by atoms with Crippen LogP contribution in [0.25, 0.3) is 0 Å². The fourth-order valence-corrected chi connectivity index (χ4v) is 1.52. The minimum absolute atomic E-state index is 0.291. The Morgan fingerprint density at radius 3 is 2.56 bits per heavy atom. The molecule has 2 N–H and O–H groups in total. The number of rotatable bonds is 5. The number of aryl methyl sites for hydroxylation is 1. The number of benzene rings is 1. The highest BCUT2D eigenvalue weighted by Gasteiger charge is 2.37. The van der Waals surface area contributed by atoms with Gasteiger partial charge in [-0.15, -0.1) is 0 Å². The third-order valence-electron chi connectivity index (χ3n) is 2.59. The molecule has 1 rings (SSSR count). The molecule has 0 heterocycles. The first kappa shape index (κ1) is 14.9. The second-order valence-corrected chi connectivity index (χ2v) is 4.08. The molecule has 6 heteroatoms. The summed E-state index contributed by atoms with van der Waals surface area (Å²) >= 11 is 0. The van der Waals surface area contributed by atoms with E-state index >= 15 is 0 Å². The molecule has 1 aromatic rings. The van der Waals surface area contributed by atoms with Crippen LogP contribution in [0.4, 0.5) is 17.6 Å². The van der Waals surface area contributed by atoms with Crippen molar-refractivity contribution in [3.05, 3.63) is 35.1 Å². The molecule has 102 valence electrons. The van der Waals surface area contributed by atoms with E-state index in [0.717, 1.165) is 11.1 Å². The fourth-order valence-electron chi connectivity index (χ4n) is 1.52. The molecule has 0 fully saturated rings. The van der Waals surface area contributed by atoms with Crippen molar-refractivity contribution in [1.82, 2.24) is 5.32 Å². The zero-order valence-corrected chi connectivity index (χ0v) is 9.89. The lowest BCUT2D eigenvalue weighted by Crippen LogP contribution is -2.39. The van der Waals surface area contributed by atoms with Gasteiger partial charge in [0.05, 0.1) is 0 Å². The monoisotopic (exact) mass is 265 g/mol.